The van der Waals surface area contributed by atoms with Gasteiger partial charge < -0.3 is 61.3 Å². The van der Waals surface area contributed by atoms with E-state index in [1.165, 1.54) is 56.8 Å². The summed E-state index contributed by atoms with van der Waals surface area (Å²) < 4.78 is 86.3. The van der Waals surface area contributed by atoms with Crippen molar-refractivity contribution in [3.05, 3.63) is 232 Å². The molecule has 0 spiro atoms. The molecule has 0 fully saturated rings. The van der Waals surface area contributed by atoms with Crippen LogP contribution in [0.5, 0.6) is 17.2 Å². The molecule has 0 saturated carbocycles. The molecule has 8 aromatic rings. The minimum absolute atomic E-state index is 0. The molecule has 11 rings (SSSR count). The summed E-state index contributed by atoms with van der Waals surface area (Å²) in [5, 5.41) is 37.4. The molecule has 34 heteroatoms. The second kappa shape index (κ2) is 40.4. The van der Waals surface area contributed by atoms with Gasteiger partial charge in [0.15, 0.2) is 45.1 Å². The average molecular weight is 1600 g/mol. The highest BCUT2D eigenvalue weighted by molar-refractivity contribution is 7.80. The summed E-state index contributed by atoms with van der Waals surface area (Å²) in [6, 6.07) is 24.8. The van der Waals surface area contributed by atoms with Crippen molar-refractivity contribution in [2.75, 3.05) is 122 Å². The molecule has 3 aliphatic heterocycles. The second-order valence-electron chi connectivity index (χ2n) is 26.9. The topological polar surface area (TPSA) is 295 Å². The Labute approximate surface area is 654 Å². The van der Waals surface area contributed by atoms with Crippen LogP contribution in [-0.2, 0) is 40.3 Å². The standard InChI is InChI=1S/C31H34F2N4O5S.C23H25F2N5O4S.C22H27N3O6.CH3.ClH/c1-20(2)16-36-19-35(11-12-41-3)31(40)28-30(42-18-21-7-5-4-6-8-21)29(39)24(17-37(28)36)26(38)15-34-27(43)13-22-9-10-23(32)14-25(22)33;1-13(2)10-29-12-28(6-7-34-3)23(33)19-21(32)20(31)16(11-30(19)29)22-27-26-18(35-22)8-14-4-5-15(24)9-17(14)25;1-15(2)11-24-14-23(9-10-30-3)21(27)18-20(31-13-16-7-5-4-6-8-16)19(26)17(22(28)29)12-25(18)24;;/h4-10,14,17,20H,11-13,15-16,18-19H2,1-3H3,(H,34,43);4-5,9,11,13,32H,6-8,10,12H2,1-3H3;4-8,12,15H,9-11,13-14H2,1-3H3,(H,28,29);1H3;1H/q;;;-1;. The Morgan fingerprint density at radius 2 is 0.982 bits per heavy atom. The van der Waals surface area contributed by atoms with Crippen LogP contribution in [0.2, 0.25) is 0 Å². The normalized spacial score (nSPS) is 13.0. The quantitative estimate of drug-likeness (QED) is 0.0164. The molecule has 0 atom stereocenters. The van der Waals surface area contributed by atoms with Crippen molar-refractivity contribution in [3.8, 4) is 27.8 Å². The lowest BCUT2D eigenvalue weighted by atomic mass is 10.1. The van der Waals surface area contributed by atoms with E-state index in [1.54, 1.807) is 24.0 Å². The van der Waals surface area contributed by atoms with Crippen LogP contribution in [0.4, 0.5) is 17.6 Å². The van der Waals surface area contributed by atoms with Crippen molar-refractivity contribution in [1.29, 1.82) is 0 Å². The van der Waals surface area contributed by atoms with Crippen LogP contribution < -0.4 is 46.1 Å². The Morgan fingerprint density at radius 3 is 1.41 bits per heavy atom. The summed E-state index contributed by atoms with van der Waals surface area (Å²) in [5.74, 6) is -6.64. The number of pyridine rings is 3. The molecule has 596 valence electrons. The molecule has 3 aliphatic rings. The Kier molecular flexibility index (Phi) is 31.9. The van der Waals surface area contributed by atoms with Crippen LogP contribution in [-0.4, -0.2) is 191 Å². The van der Waals surface area contributed by atoms with Gasteiger partial charge in [-0.25, -0.2) is 22.4 Å². The number of ether oxygens (including phenoxy) is 5. The molecule has 3 amide bonds. The molecule has 7 heterocycles. The molecule has 0 unspecified atom stereocenters. The third-order valence-corrected chi connectivity index (χ3v) is 18.4. The smallest absolute Gasteiger partial charge is 0.341 e. The van der Waals surface area contributed by atoms with E-state index >= 15 is 0 Å². The Balaban J connectivity index is 0.000000232. The highest BCUT2D eigenvalue weighted by Crippen LogP contribution is 2.31. The third kappa shape index (κ3) is 21.9. The van der Waals surface area contributed by atoms with Crippen LogP contribution in [0.15, 0.2) is 130 Å². The fourth-order valence-corrected chi connectivity index (χ4v) is 13.0. The summed E-state index contributed by atoms with van der Waals surface area (Å²) in [6.07, 6.45) is 4.07. The first kappa shape index (κ1) is 87.6. The molecule has 4 aromatic heterocycles. The molecule has 111 heavy (non-hydrogen) atoms. The Bertz CT molecular complexity index is 4800. The molecule has 3 N–H and O–H groups in total. The number of halogens is 5. The molecule has 0 saturated heterocycles. The number of carbonyl (C=O) groups excluding carboxylic acids is 4. The minimum atomic E-state index is -1.37. The van der Waals surface area contributed by atoms with Crippen molar-refractivity contribution in [3.63, 3.8) is 0 Å². The maximum Gasteiger partial charge on any atom is 0.341 e. The van der Waals surface area contributed by atoms with Gasteiger partial charge in [-0.15, -0.1) is 22.6 Å². The van der Waals surface area contributed by atoms with E-state index in [0.29, 0.717) is 64.1 Å². The molecular weight excluding hydrogens is 1510 g/mol. The largest absolute Gasteiger partial charge is 0.502 e. The van der Waals surface area contributed by atoms with Gasteiger partial charge in [0.2, 0.25) is 16.3 Å². The van der Waals surface area contributed by atoms with Crippen molar-refractivity contribution in [1.82, 2.24) is 44.2 Å². The summed E-state index contributed by atoms with van der Waals surface area (Å²) in [7, 11) is 4.62. The number of hydrogen-bond acceptors (Lipinski definition) is 21. The number of rotatable bonds is 30. The monoisotopic (exact) mass is 1600 g/mol. The lowest BCUT2D eigenvalue weighted by Gasteiger charge is -2.40. The Hall–Kier alpha value is -10.6. The lowest BCUT2D eigenvalue weighted by Crippen LogP contribution is -2.56. The fraction of sp³-hybridized carbons (Fsp3) is 0.377. The first-order valence-electron chi connectivity index (χ1n) is 34.9. The molecule has 0 aliphatic carbocycles. The number of methoxy groups -OCH3 is 3. The first-order valence-corrected chi connectivity index (χ1v) is 36.1. The number of nitrogens with zero attached hydrogens (tertiary/aromatic N) is 11. The summed E-state index contributed by atoms with van der Waals surface area (Å²) in [4.78, 5) is 110. The zero-order chi connectivity index (χ0) is 78.9. The molecular formula is C77H90ClF4N12O15S2-. The van der Waals surface area contributed by atoms with Crippen molar-refractivity contribution in [2.24, 2.45) is 17.8 Å². The number of aromatic hydroxyl groups is 1. The van der Waals surface area contributed by atoms with Gasteiger partial charge in [-0.1, -0.05) is 138 Å². The maximum atomic E-state index is 14.1. The molecule has 27 nitrogen and oxygen atoms in total. The maximum absolute atomic E-state index is 14.1. The van der Waals surface area contributed by atoms with Crippen LogP contribution in [0.3, 0.4) is 0 Å². The summed E-state index contributed by atoms with van der Waals surface area (Å²) in [6.45, 7) is 16.0. The number of thiocarbonyl (C=S) groups is 1. The van der Waals surface area contributed by atoms with E-state index in [-0.39, 0.29) is 151 Å². The zero-order valence-electron chi connectivity index (χ0n) is 63.1. The number of fused-ring (bicyclic) bond motifs is 3. The number of benzene rings is 4. The number of aromatic carboxylic acids is 1. The second-order valence-corrected chi connectivity index (χ2v) is 28.5. The van der Waals surface area contributed by atoms with E-state index in [4.69, 9.17) is 35.9 Å². The number of carboxylic acids is 1. The van der Waals surface area contributed by atoms with Gasteiger partial charge in [0.05, 0.1) is 42.5 Å². The van der Waals surface area contributed by atoms with E-state index in [1.807, 2.05) is 117 Å². The number of nitrogens with one attached hydrogen (secondary N) is 1. The van der Waals surface area contributed by atoms with E-state index in [0.717, 1.165) is 46.7 Å². The third-order valence-electron chi connectivity index (χ3n) is 17.1. The van der Waals surface area contributed by atoms with Gasteiger partial charge in [-0.2, -0.15) is 0 Å². The van der Waals surface area contributed by atoms with Crippen molar-refractivity contribution in [2.45, 2.75) is 67.6 Å². The highest BCUT2D eigenvalue weighted by atomic mass is 35.5. The average Bonchev–Trinajstić information content (AvgIpc) is 1.12. The molecule has 4 aromatic carbocycles. The number of ketones is 1. The van der Waals surface area contributed by atoms with Gasteiger partial charge in [0.1, 0.15) is 67.1 Å². The van der Waals surface area contributed by atoms with E-state index in [9.17, 15) is 66.1 Å². The van der Waals surface area contributed by atoms with Gasteiger partial charge in [-0.05, 0) is 52.1 Å². The lowest BCUT2D eigenvalue weighted by molar-refractivity contribution is 0.0608. The SMILES string of the molecule is COCCN1CN(CC(C)C)n2cc(-c3nnc(Cc4ccc(F)cc4F)s3)c(=O)c(O)c2C1=O.COCCN1CN(CC(C)C)n2cc(C(=O)CNC(=S)Cc3ccc(F)cc3F)c(=O)c(OCc3ccccc3)c2C1=O.COCCN1CN(CC(C)C)n2cc(C(=O)O)c(=O)c(OCc3ccccc3)c2C1=O.Cl.[CH3-]. The van der Waals surface area contributed by atoms with E-state index in [2.05, 4.69) is 15.5 Å². The molecule has 0 radical (unpaired) electrons. The Morgan fingerprint density at radius 1 is 0.568 bits per heavy atom. The van der Waals surface area contributed by atoms with Crippen LogP contribution >= 0.6 is 36.0 Å². The van der Waals surface area contributed by atoms with Gasteiger partial charge in [0.25, 0.3) is 17.7 Å². The van der Waals surface area contributed by atoms with Crippen molar-refractivity contribution >= 4 is 70.4 Å². The first-order chi connectivity index (χ1) is 52.1. The summed E-state index contributed by atoms with van der Waals surface area (Å²) >= 11 is 6.33. The van der Waals surface area contributed by atoms with Crippen LogP contribution in [0.25, 0.3) is 10.6 Å². The number of Topliss-reactive ketones (excluding diaryl/α,β-unsaturated/α-hetero) is 1. The summed E-state index contributed by atoms with van der Waals surface area (Å²) in [5.41, 5.74) is -0.973. The number of amides is 3. The molecule has 0 bridgehead atoms. The predicted octanol–water partition coefficient (Wildman–Crippen LogP) is 8.95. The minimum Gasteiger partial charge on any atom is -0.502 e. The van der Waals surface area contributed by atoms with Gasteiger partial charge in [-0.3, -0.25) is 62.6 Å². The highest BCUT2D eigenvalue weighted by Gasteiger charge is 2.39. The number of carboxylic acid groups (broad SMARTS) is 1. The number of aromatic nitrogens is 5. The van der Waals surface area contributed by atoms with Crippen LogP contribution in [0, 0.1) is 48.4 Å². The number of hydrogen-bond donors (Lipinski definition) is 3. The fourth-order valence-electron chi connectivity index (χ4n) is 11.9. The van der Waals surface area contributed by atoms with Gasteiger partial charge in [0, 0.05) is 104 Å². The zero-order valence-corrected chi connectivity index (χ0v) is 65.5. The van der Waals surface area contributed by atoms with Gasteiger partial charge >= 0.3 is 5.97 Å². The van der Waals surface area contributed by atoms with Crippen LogP contribution in [0.1, 0.15) is 121 Å². The van der Waals surface area contributed by atoms with Crippen molar-refractivity contribution < 1.29 is 75.4 Å². The number of carbonyl (C=O) groups is 5. The predicted molar refractivity (Wildman–Crippen MR) is 416 cm³/mol. The van der Waals surface area contributed by atoms with E-state index < -0.39 is 80.3 Å².